The summed E-state index contributed by atoms with van der Waals surface area (Å²) in [6.45, 7) is 1.51. The van der Waals surface area contributed by atoms with E-state index < -0.39 is 44.7 Å². The highest BCUT2D eigenvalue weighted by Gasteiger charge is 2.53. The molecule has 0 unspecified atom stereocenters. The topological polar surface area (TPSA) is 72.9 Å². The molecule has 2 saturated heterocycles. The number of halogens is 3. The van der Waals surface area contributed by atoms with Crippen molar-refractivity contribution in [3.63, 3.8) is 0 Å². The van der Waals surface area contributed by atoms with Gasteiger partial charge in [-0.05, 0) is 55.5 Å². The second-order valence-electron chi connectivity index (χ2n) is 9.88. The molecule has 2 aromatic carbocycles. The van der Waals surface area contributed by atoms with Crippen LogP contribution in [-0.2, 0) is 31.2 Å². The van der Waals surface area contributed by atoms with Crippen molar-refractivity contribution in [1.82, 2.24) is 4.90 Å². The minimum atomic E-state index is -3.66. The van der Waals surface area contributed by atoms with Gasteiger partial charge in [0.25, 0.3) is 0 Å². The van der Waals surface area contributed by atoms with E-state index in [0.29, 0.717) is 31.0 Å². The molecule has 0 radical (unpaired) electrons. The number of hydrogen-bond donors (Lipinski definition) is 0. The van der Waals surface area contributed by atoms with Crippen molar-refractivity contribution in [3.05, 3.63) is 64.2 Å². The zero-order valence-electron chi connectivity index (χ0n) is 19.7. The summed E-state index contributed by atoms with van der Waals surface area (Å²) in [5.41, 5.74) is 0.223. The monoisotopic (exact) mass is 539 g/mol. The average molecular weight is 540 g/mol. The smallest absolute Gasteiger partial charge is 0.237 e. The lowest BCUT2D eigenvalue weighted by molar-refractivity contribution is -0.131. The number of rotatable bonds is 7. The van der Waals surface area contributed by atoms with Gasteiger partial charge in [0.1, 0.15) is 11.6 Å². The van der Waals surface area contributed by atoms with Crippen LogP contribution in [0.15, 0.2) is 36.4 Å². The summed E-state index contributed by atoms with van der Waals surface area (Å²) in [5, 5.41) is 0.570. The first-order valence-corrected chi connectivity index (χ1v) is 14.3. The second kappa shape index (κ2) is 9.91. The predicted octanol–water partition coefficient (Wildman–Crippen LogP) is 3.93. The summed E-state index contributed by atoms with van der Waals surface area (Å²) >= 11 is 6.06. The van der Waals surface area contributed by atoms with Gasteiger partial charge < -0.3 is 14.4 Å². The number of amides is 1. The summed E-state index contributed by atoms with van der Waals surface area (Å²) in [6.07, 6.45) is 1.28. The molecule has 0 saturated carbocycles. The Kier molecular flexibility index (Phi) is 7.00. The normalized spacial score (nSPS) is 25.4. The Morgan fingerprint density at radius 2 is 1.83 bits per heavy atom. The third-order valence-electron chi connectivity index (χ3n) is 7.70. The zero-order valence-corrected chi connectivity index (χ0v) is 21.3. The van der Waals surface area contributed by atoms with Crippen molar-refractivity contribution in [1.29, 1.82) is 0 Å². The molecule has 3 atom stereocenters. The molecule has 5 rings (SSSR count). The number of carbonyl (C=O) groups excluding carboxylic acids is 1. The Morgan fingerprint density at radius 1 is 1.11 bits per heavy atom. The van der Waals surface area contributed by atoms with Crippen LogP contribution in [0, 0.1) is 17.6 Å². The van der Waals surface area contributed by atoms with Crippen LogP contribution in [0.3, 0.4) is 0 Å². The van der Waals surface area contributed by atoms with Gasteiger partial charge in [-0.15, -0.1) is 0 Å². The van der Waals surface area contributed by atoms with Gasteiger partial charge >= 0.3 is 0 Å². The highest BCUT2D eigenvalue weighted by Crippen LogP contribution is 2.52. The molecule has 3 heterocycles. The number of hydrogen-bond acceptors (Lipinski definition) is 5. The van der Waals surface area contributed by atoms with Gasteiger partial charge in [-0.25, -0.2) is 17.2 Å². The summed E-state index contributed by atoms with van der Waals surface area (Å²) in [4.78, 5) is 13.8. The summed E-state index contributed by atoms with van der Waals surface area (Å²) < 4.78 is 67.3. The van der Waals surface area contributed by atoms with Gasteiger partial charge in [0.2, 0.25) is 5.91 Å². The van der Waals surface area contributed by atoms with E-state index in [1.165, 1.54) is 4.90 Å². The number of sulfone groups is 1. The fourth-order valence-electron chi connectivity index (χ4n) is 5.71. The summed E-state index contributed by atoms with van der Waals surface area (Å²) in [6, 6.07) is 9.39. The molecule has 10 heteroatoms. The molecule has 3 aliphatic heterocycles. The standard InChI is InChI=1S/C26H28ClF2NO5S/c27-18-4-2-17(3-5-18)14-26-9-12-34-22(8-13-36(32,33)16-23(31)30-10-1-11-30)19(26)15-35-25-21(29)7-6-20(28)24(25)26/h2-7,19,22H,1,8-16H2/t19-,22-,26-/m0/s1. The van der Waals surface area contributed by atoms with E-state index in [-0.39, 0.29) is 42.6 Å². The Morgan fingerprint density at radius 3 is 2.53 bits per heavy atom. The summed E-state index contributed by atoms with van der Waals surface area (Å²) in [5.74, 6) is -2.83. The molecule has 0 aliphatic carbocycles. The van der Waals surface area contributed by atoms with Crippen LogP contribution in [0.4, 0.5) is 8.78 Å². The maximum atomic E-state index is 15.3. The molecule has 194 valence electrons. The van der Waals surface area contributed by atoms with Crippen LogP contribution in [0.2, 0.25) is 5.02 Å². The lowest BCUT2D eigenvalue weighted by Gasteiger charge is -2.51. The average Bonchev–Trinajstić information content (AvgIpc) is 2.79. The molecular weight excluding hydrogens is 512 g/mol. The van der Waals surface area contributed by atoms with Crippen LogP contribution >= 0.6 is 11.6 Å². The number of fused-ring (bicyclic) bond motifs is 3. The third-order valence-corrected chi connectivity index (χ3v) is 9.50. The van der Waals surface area contributed by atoms with E-state index in [1.807, 2.05) is 12.1 Å². The number of nitrogens with zero attached hydrogens (tertiary/aromatic N) is 1. The molecule has 0 bridgehead atoms. The molecule has 1 amide bonds. The van der Waals surface area contributed by atoms with E-state index in [9.17, 15) is 17.6 Å². The Bertz CT molecular complexity index is 1250. The lowest BCUT2D eigenvalue weighted by Crippen LogP contribution is -2.55. The van der Waals surface area contributed by atoms with Crippen LogP contribution in [0.25, 0.3) is 0 Å². The molecule has 6 nitrogen and oxygen atoms in total. The van der Waals surface area contributed by atoms with Gasteiger partial charge in [-0.1, -0.05) is 23.7 Å². The second-order valence-corrected chi connectivity index (χ2v) is 12.5. The third kappa shape index (κ3) is 4.85. The number of benzene rings is 2. The first-order valence-electron chi connectivity index (χ1n) is 12.1. The molecule has 2 aromatic rings. The molecule has 2 fully saturated rings. The highest BCUT2D eigenvalue weighted by atomic mass is 35.5. The van der Waals surface area contributed by atoms with E-state index in [4.69, 9.17) is 21.1 Å². The predicted molar refractivity (Wildman–Crippen MR) is 131 cm³/mol. The fourth-order valence-corrected chi connectivity index (χ4v) is 7.13. The van der Waals surface area contributed by atoms with Gasteiger partial charge in [0, 0.05) is 41.6 Å². The summed E-state index contributed by atoms with van der Waals surface area (Å²) in [7, 11) is -3.66. The van der Waals surface area contributed by atoms with Gasteiger partial charge in [-0.3, -0.25) is 4.79 Å². The molecule has 36 heavy (non-hydrogen) atoms. The van der Waals surface area contributed by atoms with Crippen LogP contribution < -0.4 is 4.74 Å². The number of ether oxygens (including phenoxy) is 2. The molecule has 3 aliphatic rings. The Labute approximate surface area is 214 Å². The van der Waals surface area contributed by atoms with E-state index in [2.05, 4.69) is 0 Å². The lowest BCUT2D eigenvalue weighted by atomic mass is 9.60. The van der Waals surface area contributed by atoms with Crippen molar-refractivity contribution < 1.29 is 31.5 Å². The molecule has 0 spiro atoms. The zero-order chi connectivity index (χ0) is 25.5. The first-order chi connectivity index (χ1) is 17.2. The van der Waals surface area contributed by atoms with Gasteiger partial charge in [0.05, 0.1) is 18.5 Å². The largest absolute Gasteiger partial charge is 0.490 e. The first kappa shape index (κ1) is 25.4. The van der Waals surface area contributed by atoms with Crippen molar-refractivity contribution in [2.75, 3.05) is 37.8 Å². The van der Waals surface area contributed by atoms with Crippen LogP contribution in [0.1, 0.15) is 30.4 Å². The van der Waals surface area contributed by atoms with Crippen LogP contribution in [0.5, 0.6) is 5.75 Å². The van der Waals surface area contributed by atoms with Crippen molar-refractivity contribution >= 4 is 27.3 Å². The maximum absolute atomic E-state index is 15.3. The maximum Gasteiger partial charge on any atom is 0.237 e. The van der Waals surface area contributed by atoms with Crippen LogP contribution in [-0.4, -0.2) is 63.1 Å². The van der Waals surface area contributed by atoms with Gasteiger partial charge in [-0.2, -0.15) is 0 Å². The minimum absolute atomic E-state index is 0.0678. The highest BCUT2D eigenvalue weighted by molar-refractivity contribution is 7.92. The molecular formula is C26H28ClF2NO5S. The van der Waals surface area contributed by atoms with Crippen molar-refractivity contribution in [3.8, 4) is 5.75 Å². The van der Waals surface area contributed by atoms with E-state index in [0.717, 1.165) is 24.1 Å². The quantitative estimate of drug-likeness (QED) is 0.533. The van der Waals surface area contributed by atoms with Gasteiger partial charge in [0.15, 0.2) is 21.4 Å². The molecule has 0 N–H and O–H groups in total. The number of carbonyl (C=O) groups is 1. The van der Waals surface area contributed by atoms with E-state index >= 15 is 4.39 Å². The minimum Gasteiger partial charge on any atom is -0.490 e. The number of likely N-dealkylation sites (tertiary alicyclic amines) is 1. The molecule has 0 aromatic heterocycles. The SMILES string of the molecule is O=C(CS(=O)(=O)CC[C@@H]1OCC[C@@]2(Cc3ccc(Cl)cc3)c3c(F)ccc(F)c3OC[C@@H]12)N1CCC1. The van der Waals surface area contributed by atoms with Crippen molar-refractivity contribution in [2.45, 2.75) is 37.2 Å². The van der Waals surface area contributed by atoms with Crippen molar-refractivity contribution in [2.24, 2.45) is 5.92 Å². The Balaban J connectivity index is 1.44. The fraction of sp³-hybridized carbons (Fsp3) is 0.500. The van der Waals surface area contributed by atoms with E-state index in [1.54, 1.807) is 12.1 Å². The Hall–Kier alpha value is -2.23.